The fourth-order valence-corrected chi connectivity index (χ4v) is 1.19. The smallest absolute Gasteiger partial charge is 0.339 e. The summed E-state index contributed by atoms with van der Waals surface area (Å²) in [6.45, 7) is 0. The number of hydrogen-bond acceptors (Lipinski definition) is 4. The van der Waals surface area contributed by atoms with Gasteiger partial charge in [-0.15, -0.1) is 0 Å². The third kappa shape index (κ3) is 1.15. The second-order valence-electron chi connectivity index (χ2n) is 2.67. The molecule has 0 radical (unpaired) electrons. The van der Waals surface area contributed by atoms with Crippen molar-refractivity contribution in [3.8, 4) is 11.5 Å². The molecule has 72 valence electrons. The van der Waals surface area contributed by atoms with E-state index in [1.807, 2.05) is 0 Å². The standard InChI is InChI=1S/C7H7N5O2/c1-12-5(6-8-3-9-11-6)4(2-10-12)7(13)14/h2-3H,1H3,(H,13,14)(H,8,9,11). The first-order valence-corrected chi connectivity index (χ1v) is 3.81. The zero-order valence-corrected chi connectivity index (χ0v) is 7.30. The number of aryl methyl sites for hydroxylation is 1. The molecule has 0 aromatic carbocycles. The predicted octanol–water partition coefficient (Wildman–Crippen LogP) is -0.0966. The van der Waals surface area contributed by atoms with E-state index in [0.717, 1.165) is 0 Å². The lowest BCUT2D eigenvalue weighted by molar-refractivity contribution is 0.0697. The van der Waals surface area contributed by atoms with E-state index in [-0.39, 0.29) is 5.56 Å². The van der Waals surface area contributed by atoms with E-state index in [2.05, 4.69) is 20.3 Å². The second-order valence-corrected chi connectivity index (χ2v) is 2.67. The molecule has 2 N–H and O–H groups in total. The van der Waals surface area contributed by atoms with Gasteiger partial charge < -0.3 is 5.11 Å². The van der Waals surface area contributed by atoms with Gasteiger partial charge in [0.05, 0.1) is 6.20 Å². The lowest BCUT2D eigenvalue weighted by atomic mass is 10.2. The van der Waals surface area contributed by atoms with Crippen molar-refractivity contribution >= 4 is 5.97 Å². The van der Waals surface area contributed by atoms with E-state index in [1.165, 1.54) is 17.2 Å². The molecule has 0 aliphatic rings. The van der Waals surface area contributed by atoms with Crippen LogP contribution >= 0.6 is 0 Å². The molecule has 0 aliphatic carbocycles. The molecule has 0 spiro atoms. The number of nitrogens with one attached hydrogen (secondary N) is 1. The number of nitrogens with zero attached hydrogens (tertiary/aromatic N) is 4. The number of carboxylic acids is 1. The minimum absolute atomic E-state index is 0.101. The van der Waals surface area contributed by atoms with Gasteiger partial charge in [-0.05, 0) is 0 Å². The van der Waals surface area contributed by atoms with Crippen LogP contribution in [0.3, 0.4) is 0 Å². The highest BCUT2D eigenvalue weighted by molar-refractivity contribution is 5.93. The van der Waals surface area contributed by atoms with Crippen molar-refractivity contribution < 1.29 is 9.90 Å². The highest BCUT2D eigenvalue weighted by Gasteiger charge is 2.18. The Morgan fingerprint density at radius 2 is 2.43 bits per heavy atom. The zero-order chi connectivity index (χ0) is 10.1. The van der Waals surface area contributed by atoms with Crippen LogP contribution in [-0.4, -0.2) is 36.0 Å². The molecule has 2 aromatic rings. The van der Waals surface area contributed by atoms with Crippen LogP contribution in [0.15, 0.2) is 12.5 Å². The molecule has 0 unspecified atom stereocenters. The number of aromatic carboxylic acids is 1. The number of rotatable bonds is 2. The van der Waals surface area contributed by atoms with Crippen molar-refractivity contribution in [2.45, 2.75) is 0 Å². The average molecular weight is 193 g/mol. The van der Waals surface area contributed by atoms with Gasteiger partial charge in [0.2, 0.25) is 0 Å². The molecule has 0 saturated carbocycles. The van der Waals surface area contributed by atoms with Crippen LogP contribution < -0.4 is 0 Å². The summed E-state index contributed by atoms with van der Waals surface area (Å²) in [4.78, 5) is 14.7. The van der Waals surface area contributed by atoms with Crippen LogP contribution in [-0.2, 0) is 7.05 Å². The minimum atomic E-state index is -1.04. The number of hydrogen-bond donors (Lipinski definition) is 2. The zero-order valence-electron chi connectivity index (χ0n) is 7.30. The van der Waals surface area contributed by atoms with Gasteiger partial charge in [0.25, 0.3) is 0 Å². The summed E-state index contributed by atoms with van der Waals surface area (Å²) >= 11 is 0. The lowest BCUT2D eigenvalue weighted by Gasteiger charge is -1.98. The van der Waals surface area contributed by atoms with Crippen LogP contribution in [0.1, 0.15) is 10.4 Å². The number of carbonyl (C=O) groups is 1. The quantitative estimate of drug-likeness (QED) is 0.694. The maximum absolute atomic E-state index is 10.8. The topological polar surface area (TPSA) is 96.7 Å². The summed E-state index contributed by atoms with van der Waals surface area (Å²) in [6.07, 6.45) is 2.59. The van der Waals surface area contributed by atoms with Crippen LogP contribution in [0, 0.1) is 0 Å². The summed E-state index contributed by atoms with van der Waals surface area (Å²) in [5.74, 6) is -0.646. The summed E-state index contributed by atoms with van der Waals surface area (Å²) in [6, 6.07) is 0. The fraction of sp³-hybridized carbons (Fsp3) is 0.143. The maximum atomic E-state index is 10.8. The molecule has 0 fully saturated rings. The lowest BCUT2D eigenvalue weighted by Crippen LogP contribution is -2.01. The Hall–Kier alpha value is -2.18. The number of H-pyrrole nitrogens is 1. The van der Waals surface area contributed by atoms with E-state index in [9.17, 15) is 4.79 Å². The normalized spacial score (nSPS) is 10.4. The van der Waals surface area contributed by atoms with Gasteiger partial charge in [-0.25, -0.2) is 9.78 Å². The molecule has 2 heterocycles. The molecule has 2 rings (SSSR count). The van der Waals surface area contributed by atoms with Crippen LogP contribution in [0.4, 0.5) is 0 Å². The highest BCUT2D eigenvalue weighted by atomic mass is 16.4. The Labute approximate surface area is 78.4 Å². The molecular weight excluding hydrogens is 186 g/mol. The fourth-order valence-electron chi connectivity index (χ4n) is 1.19. The van der Waals surface area contributed by atoms with Crippen molar-refractivity contribution in [2.75, 3.05) is 0 Å². The molecule has 7 heteroatoms. The van der Waals surface area contributed by atoms with E-state index in [1.54, 1.807) is 7.05 Å². The minimum Gasteiger partial charge on any atom is -0.478 e. The first kappa shape index (κ1) is 8.42. The highest BCUT2D eigenvalue weighted by Crippen LogP contribution is 2.17. The Morgan fingerprint density at radius 3 is 3.00 bits per heavy atom. The summed E-state index contributed by atoms with van der Waals surface area (Å²) in [7, 11) is 1.64. The SMILES string of the molecule is Cn1ncc(C(=O)O)c1-c1ncn[nH]1. The average Bonchev–Trinajstić information content (AvgIpc) is 2.71. The van der Waals surface area contributed by atoms with Gasteiger partial charge in [0.15, 0.2) is 5.82 Å². The predicted molar refractivity (Wildman–Crippen MR) is 45.5 cm³/mol. The summed E-state index contributed by atoms with van der Waals surface area (Å²) in [5.41, 5.74) is 0.513. The van der Waals surface area contributed by atoms with E-state index < -0.39 is 5.97 Å². The van der Waals surface area contributed by atoms with E-state index in [0.29, 0.717) is 11.5 Å². The number of aromatic amines is 1. The number of carboxylic acid groups (broad SMARTS) is 1. The molecule has 2 aromatic heterocycles. The van der Waals surface area contributed by atoms with Crippen LogP contribution in [0.2, 0.25) is 0 Å². The van der Waals surface area contributed by atoms with Crippen molar-refractivity contribution in [1.82, 2.24) is 25.0 Å². The van der Waals surface area contributed by atoms with E-state index >= 15 is 0 Å². The molecule has 0 saturated heterocycles. The van der Waals surface area contributed by atoms with Crippen molar-refractivity contribution in [3.63, 3.8) is 0 Å². The molecule has 14 heavy (non-hydrogen) atoms. The first-order chi connectivity index (χ1) is 6.70. The van der Waals surface area contributed by atoms with Crippen molar-refractivity contribution in [2.24, 2.45) is 7.05 Å². The molecule has 0 amide bonds. The Morgan fingerprint density at radius 1 is 1.64 bits per heavy atom. The van der Waals surface area contributed by atoms with Gasteiger partial charge in [0.1, 0.15) is 17.6 Å². The first-order valence-electron chi connectivity index (χ1n) is 3.81. The van der Waals surface area contributed by atoms with Gasteiger partial charge in [0, 0.05) is 7.05 Å². The number of aromatic nitrogens is 5. The molecule has 0 aliphatic heterocycles. The third-order valence-electron chi connectivity index (χ3n) is 1.81. The van der Waals surface area contributed by atoms with Crippen LogP contribution in [0.25, 0.3) is 11.5 Å². The summed E-state index contributed by atoms with van der Waals surface area (Å²) < 4.78 is 1.43. The molecular formula is C7H7N5O2. The van der Waals surface area contributed by atoms with Gasteiger partial charge >= 0.3 is 5.97 Å². The molecule has 0 atom stereocenters. The maximum Gasteiger partial charge on any atom is 0.339 e. The third-order valence-corrected chi connectivity index (χ3v) is 1.81. The van der Waals surface area contributed by atoms with Gasteiger partial charge in [-0.2, -0.15) is 10.2 Å². The second kappa shape index (κ2) is 2.95. The largest absolute Gasteiger partial charge is 0.478 e. The Balaban J connectivity index is 2.62. The van der Waals surface area contributed by atoms with Gasteiger partial charge in [-0.3, -0.25) is 9.78 Å². The Bertz CT molecular complexity index is 458. The van der Waals surface area contributed by atoms with E-state index in [4.69, 9.17) is 5.11 Å². The summed E-state index contributed by atoms with van der Waals surface area (Å²) in [5, 5.41) is 18.9. The molecule has 0 bridgehead atoms. The monoisotopic (exact) mass is 193 g/mol. The molecule has 7 nitrogen and oxygen atoms in total. The van der Waals surface area contributed by atoms with Crippen molar-refractivity contribution in [1.29, 1.82) is 0 Å². The van der Waals surface area contributed by atoms with Crippen LogP contribution in [0.5, 0.6) is 0 Å². The Kier molecular flexibility index (Phi) is 1.77. The van der Waals surface area contributed by atoms with Gasteiger partial charge in [-0.1, -0.05) is 0 Å². The van der Waals surface area contributed by atoms with Crippen molar-refractivity contribution in [3.05, 3.63) is 18.1 Å².